The van der Waals surface area contributed by atoms with Gasteiger partial charge in [0.25, 0.3) is 11.5 Å². The number of aryl methyl sites for hydroxylation is 1. The number of piperazine rings is 1. The highest BCUT2D eigenvalue weighted by atomic mass is 16.3. The number of hydrogen-bond donors (Lipinski definition) is 1. The van der Waals surface area contributed by atoms with E-state index in [2.05, 4.69) is 16.8 Å². The molecule has 3 aromatic rings. The second-order valence-electron chi connectivity index (χ2n) is 9.70. The number of amides is 1. The Labute approximate surface area is 200 Å². The number of anilines is 2. The van der Waals surface area contributed by atoms with Crippen LogP contribution in [0.25, 0.3) is 10.9 Å². The fraction of sp³-hybridized carbons (Fsp3) is 0.407. The van der Waals surface area contributed by atoms with Crippen molar-refractivity contribution < 1.29 is 9.90 Å². The molecule has 0 unspecified atom stereocenters. The van der Waals surface area contributed by atoms with Crippen LogP contribution in [0.3, 0.4) is 0 Å². The number of rotatable bonds is 5. The summed E-state index contributed by atoms with van der Waals surface area (Å²) in [5.41, 5.74) is 2.69. The number of fused-ring (bicyclic) bond motifs is 1. The van der Waals surface area contributed by atoms with Crippen molar-refractivity contribution in [1.82, 2.24) is 9.47 Å². The molecular weight excluding hydrogens is 428 g/mol. The SMILES string of the molecule is Cc1ccc(N2CCN(C)CC2)c(N(C)C(=O)c2c(O)c3ccccc3n(CC(C)C)c2=O)c1. The molecule has 1 N–H and O–H groups in total. The molecular formula is C27H34N4O3. The van der Waals surface area contributed by atoms with Crippen molar-refractivity contribution in [1.29, 1.82) is 0 Å². The van der Waals surface area contributed by atoms with Crippen molar-refractivity contribution in [3.63, 3.8) is 0 Å². The minimum Gasteiger partial charge on any atom is -0.506 e. The molecule has 1 fully saturated rings. The number of aromatic hydroxyl groups is 1. The number of carbonyl (C=O) groups is 1. The van der Waals surface area contributed by atoms with E-state index in [0.717, 1.165) is 43.1 Å². The summed E-state index contributed by atoms with van der Waals surface area (Å²) in [4.78, 5) is 33.4. The highest BCUT2D eigenvalue weighted by molar-refractivity contribution is 6.11. The van der Waals surface area contributed by atoms with Crippen LogP contribution in [0.15, 0.2) is 47.3 Å². The third-order valence-electron chi connectivity index (χ3n) is 6.55. The van der Waals surface area contributed by atoms with Crippen LogP contribution < -0.4 is 15.4 Å². The smallest absolute Gasteiger partial charge is 0.267 e. The Morgan fingerprint density at radius 1 is 1.09 bits per heavy atom. The first-order valence-electron chi connectivity index (χ1n) is 11.9. The molecule has 180 valence electrons. The molecule has 0 spiro atoms. The van der Waals surface area contributed by atoms with Crippen LogP contribution >= 0.6 is 0 Å². The van der Waals surface area contributed by atoms with Crippen molar-refractivity contribution in [3.8, 4) is 5.75 Å². The largest absolute Gasteiger partial charge is 0.506 e. The summed E-state index contributed by atoms with van der Waals surface area (Å²) in [7, 11) is 3.78. The van der Waals surface area contributed by atoms with E-state index in [-0.39, 0.29) is 17.2 Å². The maximum absolute atomic E-state index is 13.8. The van der Waals surface area contributed by atoms with Gasteiger partial charge in [0.2, 0.25) is 0 Å². The predicted molar refractivity (Wildman–Crippen MR) is 138 cm³/mol. The van der Waals surface area contributed by atoms with E-state index in [1.165, 1.54) is 4.90 Å². The van der Waals surface area contributed by atoms with Crippen LogP contribution in [0, 0.1) is 12.8 Å². The van der Waals surface area contributed by atoms with Crippen LogP contribution in [0.2, 0.25) is 0 Å². The van der Waals surface area contributed by atoms with Crippen LogP contribution in [-0.4, -0.2) is 60.8 Å². The summed E-state index contributed by atoms with van der Waals surface area (Å²) in [5.74, 6) is -0.565. The highest BCUT2D eigenvalue weighted by Crippen LogP contribution is 2.33. The molecule has 7 heteroatoms. The fourth-order valence-electron chi connectivity index (χ4n) is 4.62. The lowest BCUT2D eigenvalue weighted by Gasteiger charge is -2.36. The van der Waals surface area contributed by atoms with Crippen molar-refractivity contribution in [3.05, 3.63) is 63.9 Å². The fourth-order valence-corrected chi connectivity index (χ4v) is 4.62. The molecule has 2 aromatic carbocycles. The van der Waals surface area contributed by atoms with Gasteiger partial charge in [0, 0.05) is 45.2 Å². The molecule has 0 saturated carbocycles. The first-order chi connectivity index (χ1) is 16.2. The summed E-state index contributed by atoms with van der Waals surface area (Å²) in [6, 6.07) is 13.2. The van der Waals surface area contributed by atoms with Crippen LogP contribution in [-0.2, 0) is 6.54 Å². The van der Waals surface area contributed by atoms with Gasteiger partial charge >= 0.3 is 0 Å². The van der Waals surface area contributed by atoms with Gasteiger partial charge in [-0.1, -0.05) is 32.0 Å². The third kappa shape index (κ3) is 4.40. The van der Waals surface area contributed by atoms with Crippen LogP contribution in [0.5, 0.6) is 5.75 Å². The molecule has 1 aromatic heterocycles. The summed E-state index contributed by atoms with van der Waals surface area (Å²) >= 11 is 0. The number of hydrogen-bond acceptors (Lipinski definition) is 5. The van der Waals surface area contributed by atoms with E-state index < -0.39 is 11.5 Å². The van der Waals surface area contributed by atoms with E-state index in [4.69, 9.17) is 0 Å². The van der Waals surface area contributed by atoms with Crippen molar-refractivity contribution in [2.75, 3.05) is 50.1 Å². The van der Waals surface area contributed by atoms with Gasteiger partial charge in [-0.3, -0.25) is 9.59 Å². The summed E-state index contributed by atoms with van der Waals surface area (Å²) < 4.78 is 1.61. The average molecular weight is 463 g/mol. The molecule has 1 aliphatic heterocycles. The molecule has 7 nitrogen and oxygen atoms in total. The van der Waals surface area contributed by atoms with Crippen molar-refractivity contribution in [2.24, 2.45) is 5.92 Å². The number of carbonyl (C=O) groups excluding carboxylic acids is 1. The van der Waals surface area contributed by atoms with Gasteiger partial charge < -0.3 is 24.4 Å². The lowest BCUT2D eigenvalue weighted by molar-refractivity contribution is 0.0988. The van der Waals surface area contributed by atoms with E-state index >= 15 is 0 Å². The first kappa shape index (κ1) is 23.8. The Balaban J connectivity index is 1.82. The maximum Gasteiger partial charge on any atom is 0.267 e. The Morgan fingerprint density at radius 3 is 2.44 bits per heavy atom. The summed E-state index contributed by atoms with van der Waals surface area (Å²) in [5, 5.41) is 11.6. The average Bonchev–Trinajstić information content (AvgIpc) is 2.81. The monoisotopic (exact) mass is 462 g/mol. The maximum atomic E-state index is 13.8. The minimum atomic E-state index is -0.508. The number of likely N-dealkylation sites (N-methyl/N-ethyl adjacent to an activating group) is 1. The van der Waals surface area contributed by atoms with Gasteiger partial charge in [0.15, 0.2) is 0 Å². The molecule has 1 saturated heterocycles. The van der Waals surface area contributed by atoms with E-state index in [1.54, 1.807) is 23.7 Å². The van der Waals surface area contributed by atoms with Gasteiger partial charge in [-0.15, -0.1) is 0 Å². The van der Waals surface area contributed by atoms with Gasteiger partial charge in [0.1, 0.15) is 11.3 Å². The zero-order valence-electron chi connectivity index (χ0n) is 20.7. The Bertz CT molecular complexity index is 1270. The molecule has 0 aliphatic carbocycles. The second kappa shape index (κ2) is 9.50. The topological polar surface area (TPSA) is 69.0 Å². The molecule has 2 heterocycles. The molecule has 1 amide bonds. The van der Waals surface area contributed by atoms with Crippen LogP contribution in [0.4, 0.5) is 11.4 Å². The third-order valence-corrected chi connectivity index (χ3v) is 6.55. The molecule has 0 atom stereocenters. The van der Waals surface area contributed by atoms with Gasteiger partial charge in [0.05, 0.1) is 16.9 Å². The summed E-state index contributed by atoms with van der Waals surface area (Å²) in [6.45, 7) is 10.1. The lowest BCUT2D eigenvalue weighted by Crippen LogP contribution is -2.45. The molecule has 34 heavy (non-hydrogen) atoms. The Hall–Kier alpha value is -3.32. The molecule has 1 aliphatic rings. The standard InChI is InChI=1S/C27H34N4O3/c1-18(2)17-31-21-9-7-6-8-20(21)25(32)24(27(31)34)26(33)29(5)23-16-19(3)10-11-22(23)30-14-12-28(4)13-15-30/h6-11,16,18,32H,12-15,17H2,1-5H3. The van der Waals surface area contributed by atoms with Gasteiger partial charge in [-0.05, 0) is 49.7 Å². The zero-order chi connectivity index (χ0) is 24.6. The number of nitrogens with zero attached hydrogens (tertiary/aromatic N) is 4. The van der Waals surface area contributed by atoms with Crippen LogP contribution in [0.1, 0.15) is 29.8 Å². The number of benzene rings is 2. The zero-order valence-corrected chi connectivity index (χ0v) is 20.7. The molecule has 0 bridgehead atoms. The Morgan fingerprint density at radius 2 is 1.76 bits per heavy atom. The quantitative estimate of drug-likeness (QED) is 0.626. The van der Waals surface area contributed by atoms with Gasteiger partial charge in [-0.25, -0.2) is 0 Å². The Kier molecular flexibility index (Phi) is 6.66. The number of pyridine rings is 1. The first-order valence-corrected chi connectivity index (χ1v) is 11.9. The van der Waals surface area contributed by atoms with E-state index in [0.29, 0.717) is 17.4 Å². The highest BCUT2D eigenvalue weighted by Gasteiger charge is 2.28. The normalized spacial score (nSPS) is 14.7. The molecule has 0 radical (unpaired) electrons. The van der Waals surface area contributed by atoms with E-state index in [1.807, 2.05) is 51.1 Å². The van der Waals surface area contributed by atoms with Crippen molar-refractivity contribution in [2.45, 2.75) is 27.3 Å². The van der Waals surface area contributed by atoms with E-state index in [9.17, 15) is 14.7 Å². The van der Waals surface area contributed by atoms with Gasteiger partial charge in [-0.2, -0.15) is 0 Å². The predicted octanol–water partition coefficient (Wildman–Crippen LogP) is 3.70. The minimum absolute atomic E-state index is 0.187. The number of para-hydroxylation sites is 1. The second-order valence-corrected chi connectivity index (χ2v) is 9.70. The number of aromatic nitrogens is 1. The summed E-state index contributed by atoms with van der Waals surface area (Å²) in [6.07, 6.45) is 0. The lowest BCUT2D eigenvalue weighted by atomic mass is 10.1. The van der Waals surface area contributed by atoms with Crippen molar-refractivity contribution >= 4 is 28.2 Å². The molecule has 4 rings (SSSR count).